The van der Waals surface area contributed by atoms with Crippen LogP contribution in [0.4, 0.5) is 10.5 Å². The first-order valence-electron chi connectivity index (χ1n) is 28.7. The second-order valence-corrected chi connectivity index (χ2v) is 22.5. The molecule has 1 aliphatic heterocycles. The minimum Gasteiger partial charge on any atom is -0.480 e. The lowest BCUT2D eigenvalue weighted by molar-refractivity contribution is -0.142. The monoisotopic (exact) mass is 1200 g/mol. The highest BCUT2D eigenvalue weighted by Gasteiger charge is 2.32. The second kappa shape index (κ2) is 35.0. The zero-order valence-corrected chi connectivity index (χ0v) is 48.8. The number of nitrogens with one attached hydrogen (secondary N) is 5. The molecule has 0 aromatic heterocycles. The van der Waals surface area contributed by atoms with E-state index >= 15 is 0 Å². The van der Waals surface area contributed by atoms with Gasteiger partial charge in [-0.15, -0.1) is 0 Å². The Bertz CT molecular complexity index is 2800. The summed E-state index contributed by atoms with van der Waals surface area (Å²) in [5.41, 5.74) is 2.38. The van der Waals surface area contributed by atoms with Gasteiger partial charge in [-0.25, -0.2) is 14.4 Å². The molecule has 26 heteroatoms. The summed E-state index contributed by atoms with van der Waals surface area (Å²) in [7, 11) is 0. The molecule has 5 rings (SSSR count). The third kappa shape index (κ3) is 25.2. The van der Waals surface area contributed by atoms with Crippen LogP contribution in [-0.2, 0) is 56.0 Å². The van der Waals surface area contributed by atoms with Gasteiger partial charge in [-0.1, -0.05) is 54.6 Å². The highest BCUT2D eigenvalue weighted by Crippen LogP contribution is 2.31. The lowest BCUT2D eigenvalue weighted by atomic mass is 9.77. The molecule has 3 aromatic rings. The van der Waals surface area contributed by atoms with E-state index in [2.05, 4.69) is 26.6 Å². The number of hydrogen-bond acceptors (Lipinski definition) is 15. The first kappa shape index (κ1) is 68.1. The molecule has 1 saturated carbocycles. The summed E-state index contributed by atoms with van der Waals surface area (Å²) < 4.78 is 0. The fourth-order valence-electron chi connectivity index (χ4n) is 10.8. The summed E-state index contributed by atoms with van der Waals surface area (Å²) in [5, 5.41) is 74.5. The van der Waals surface area contributed by atoms with E-state index in [0.29, 0.717) is 49.4 Å². The molecule has 1 heterocycles. The van der Waals surface area contributed by atoms with Gasteiger partial charge in [0.25, 0.3) is 0 Å². The van der Waals surface area contributed by atoms with E-state index in [1.807, 2.05) is 66.7 Å². The fourth-order valence-corrected chi connectivity index (χ4v) is 11.0. The number of carboxylic acid groups (broad SMARTS) is 6. The molecule has 0 bridgehead atoms. The number of urea groups is 1. The largest absolute Gasteiger partial charge is 0.480 e. The Balaban J connectivity index is 1.13. The Morgan fingerprint density at radius 3 is 1.75 bits per heavy atom. The van der Waals surface area contributed by atoms with Gasteiger partial charge in [-0.05, 0) is 123 Å². The van der Waals surface area contributed by atoms with Gasteiger partial charge in [-0.2, -0.15) is 0 Å². The molecular weight excluding hydrogens is 1120 g/mol. The number of anilines is 1. The maximum atomic E-state index is 14.0. The molecule has 4 atom stereocenters. The van der Waals surface area contributed by atoms with Crippen molar-refractivity contribution in [3.8, 4) is 0 Å². The number of nitrogens with zero attached hydrogens (tertiary/aromatic N) is 4. The standard InChI is InChI=1S/C59H81N9O16S/c1-38(69)9-20-49(57(82)83)64-58(84)63-48(56(80)81)8-4-5-21-60-55(79)45(29-41-12-15-42-6-2-3-7-44(42)28-41)31-50(70)43-16-10-40(11-17-43)32-61-59(85)62-46-18-13-39(14-19-46)30-47-33-67(36-53(75)76)25-24-65(34-51(71)72)22-23-66(35-52(73)74)26-27-68(47)37-54(77)78/h2-3,6-7,12-15,18-19,28,40,43,45,47-49H,4-5,8-11,16-17,20-27,29-37H2,1H3,(H,60,79)(H,71,72)(H,73,74)(H,75,76)(H,77,78)(H,80,81)(H,82,83)(H2,61,62,85)(H2,63,64,84)/t40?,43?,45-,47?,48+,49+/m1/s1. The maximum Gasteiger partial charge on any atom is 0.326 e. The number of carboxylic acids is 6. The molecule has 2 fully saturated rings. The molecule has 464 valence electrons. The topological polar surface area (TPSA) is 365 Å². The molecule has 0 spiro atoms. The third-order valence-electron chi connectivity index (χ3n) is 15.4. The van der Waals surface area contributed by atoms with Gasteiger partial charge in [0.15, 0.2) is 5.11 Å². The Hall–Kier alpha value is -7.65. The van der Waals surface area contributed by atoms with Crippen LogP contribution in [-0.4, -0.2) is 218 Å². The molecule has 1 aliphatic carbocycles. The SMILES string of the molecule is CC(=O)CC[C@H](NC(=O)N[C@@H](CCCCNC(=O)[C@@H](CC(=O)C1CCC(CNC(=S)Nc2ccc(CC3CN(CC(=O)O)CCN(CC(=O)O)CCN(CC(=O)O)CCN3CC(=O)O)cc2)CC1)Cc1ccc2ccccc2c1)C(=O)O)C(=O)O. The van der Waals surface area contributed by atoms with E-state index in [4.69, 9.17) is 12.2 Å². The lowest BCUT2D eigenvalue weighted by Gasteiger charge is -2.37. The van der Waals surface area contributed by atoms with Crippen molar-refractivity contribution >= 4 is 93.1 Å². The Kier molecular flexibility index (Phi) is 28.0. The first-order valence-corrected chi connectivity index (χ1v) is 29.1. The predicted molar refractivity (Wildman–Crippen MR) is 317 cm³/mol. The number of rotatable bonds is 31. The van der Waals surface area contributed by atoms with Crippen molar-refractivity contribution in [1.29, 1.82) is 0 Å². The highest BCUT2D eigenvalue weighted by molar-refractivity contribution is 7.80. The summed E-state index contributed by atoms with van der Waals surface area (Å²) in [6.45, 7) is 1.83. The maximum absolute atomic E-state index is 14.0. The molecule has 2 aliphatic rings. The van der Waals surface area contributed by atoms with Crippen molar-refractivity contribution in [3.63, 3.8) is 0 Å². The molecular formula is C59H81N9O16S. The smallest absolute Gasteiger partial charge is 0.326 e. The summed E-state index contributed by atoms with van der Waals surface area (Å²) in [6.07, 6.45) is 3.79. The Morgan fingerprint density at radius 2 is 1.16 bits per heavy atom. The number of fused-ring (bicyclic) bond motifs is 1. The van der Waals surface area contributed by atoms with E-state index < -0.39 is 65.9 Å². The van der Waals surface area contributed by atoms with Gasteiger partial charge in [0.2, 0.25) is 5.91 Å². The second-order valence-electron chi connectivity index (χ2n) is 22.1. The Labute approximate surface area is 498 Å². The molecule has 85 heavy (non-hydrogen) atoms. The lowest BCUT2D eigenvalue weighted by Crippen LogP contribution is -2.53. The van der Waals surface area contributed by atoms with Crippen LogP contribution >= 0.6 is 12.2 Å². The van der Waals surface area contributed by atoms with Gasteiger partial charge < -0.3 is 62.0 Å². The van der Waals surface area contributed by atoms with Crippen LogP contribution in [0.15, 0.2) is 66.7 Å². The summed E-state index contributed by atoms with van der Waals surface area (Å²) in [4.78, 5) is 130. The zero-order chi connectivity index (χ0) is 62.0. The zero-order valence-electron chi connectivity index (χ0n) is 48.0. The Morgan fingerprint density at radius 1 is 0.612 bits per heavy atom. The minimum atomic E-state index is -1.39. The van der Waals surface area contributed by atoms with Crippen molar-refractivity contribution < 1.29 is 78.6 Å². The van der Waals surface area contributed by atoms with E-state index in [1.54, 1.807) is 19.6 Å². The highest BCUT2D eigenvalue weighted by atomic mass is 32.1. The number of ketones is 2. The number of unbranched alkanes of at least 4 members (excludes halogenated alkanes) is 1. The van der Waals surface area contributed by atoms with Gasteiger partial charge in [0.05, 0.1) is 26.2 Å². The van der Waals surface area contributed by atoms with Gasteiger partial charge >= 0.3 is 41.8 Å². The van der Waals surface area contributed by atoms with Crippen LogP contribution in [0.5, 0.6) is 0 Å². The molecule has 3 aromatic carbocycles. The van der Waals surface area contributed by atoms with Crippen molar-refractivity contribution in [2.45, 2.75) is 102 Å². The van der Waals surface area contributed by atoms with Crippen LogP contribution < -0.4 is 26.6 Å². The number of aliphatic carboxylic acids is 6. The van der Waals surface area contributed by atoms with Gasteiger partial charge in [0.1, 0.15) is 23.7 Å². The number of carbonyl (C=O) groups is 10. The van der Waals surface area contributed by atoms with E-state index in [1.165, 1.54) is 6.92 Å². The fraction of sp³-hybridized carbons (Fsp3) is 0.542. The molecule has 1 unspecified atom stereocenters. The number of Topliss-reactive ketones (excluding diaryl/α,β-unsaturated/α-hetero) is 2. The van der Waals surface area contributed by atoms with Crippen molar-refractivity contribution in [2.75, 3.05) is 90.4 Å². The van der Waals surface area contributed by atoms with Crippen molar-refractivity contribution in [2.24, 2.45) is 17.8 Å². The predicted octanol–water partition coefficient (Wildman–Crippen LogP) is 3.08. The van der Waals surface area contributed by atoms with Crippen LogP contribution in [0, 0.1) is 17.8 Å². The number of thiocarbonyl (C=S) groups is 1. The molecule has 25 nitrogen and oxygen atoms in total. The van der Waals surface area contributed by atoms with Gasteiger partial charge in [-0.3, -0.25) is 48.4 Å². The molecule has 11 N–H and O–H groups in total. The average molecular weight is 1200 g/mol. The van der Waals surface area contributed by atoms with E-state index in [9.17, 15) is 78.6 Å². The summed E-state index contributed by atoms with van der Waals surface area (Å²) in [6, 6.07) is 16.9. The van der Waals surface area contributed by atoms with Crippen LogP contribution in [0.3, 0.4) is 0 Å². The van der Waals surface area contributed by atoms with E-state index in [-0.39, 0.29) is 140 Å². The molecule has 3 amide bonds. The summed E-state index contributed by atoms with van der Waals surface area (Å²) >= 11 is 5.67. The molecule has 0 radical (unpaired) electrons. The van der Waals surface area contributed by atoms with Crippen LogP contribution in [0.1, 0.15) is 82.3 Å². The third-order valence-corrected chi connectivity index (χ3v) is 15.7. The quantitative estimate of drug-likeness (QED) is 0.0326. The first-order chi connectivity index (χ1) is 40.5. The van der Waals surface area contributed by atoms with Crippen LogP contribution in [0.25, 0.3) is 10.8 Å². The summed E-state index contributed by atoms with van der Waals surface area (Å²) in [5.74, 6) is -8.36. The normalized spacial score (nSPS) is 18.7. The van der Waals surface area contributed by atoms with Crippen LogP contribution in [0.2, 0.25) is 0 Å². The van der Waals surface area contributed by atoms with Crippen molar-refractivity contribution in [3.05, 3.63) is 77.9 Å². The number of amides is 3. The number of hydrogen-bond donors (Lipinski definition) is 11. The number of carbonyl (C=O) groups excluding carboxylic acids is 4. The average Bonchev–Trinajstić information content (AvgIpc) is 3.63. The molecule has 1 saturated heterocycles. The number of benzene rings is 3. The van der Waals surface area contributed by atoms with Gasteiger partial charge in [0, 0.05) is 95.3 Å². The minimum absolute atomic E-state index is 0.00157. The van der Waals surface area contributed by atoms with E-state index in [0.717, 1.165) is 34.7 Å². The van der Waals surface area contributed by atoms with Crippen molar-refractivity contribution in [1.82, 2.24) is 40.9 Å².